The predicted molar refractivity (Wildman–Crippen MR) is 89.3 cm³/mol. The molecule has 0 radical (unpaired) electrons. The first-order chi connectivity index (χ1) is 10.1. The van der Waals surface area contributed by atoms with Crippen LogP contribution in [0.1, 0.15) is 29.2 Å². The van der Waals surface area contributed by atoms with Gasteiger partial charge in [-0.05, 0) is 54.5 Å². The first-order valence-electron chi connectivity index (χ1n) is 6.97. The Hall–Kier alpha value is -1.52. The van der Waals surface area contributed by atoms with Crippen LogP contribution in [-0.2, 0) is 11.2 Å². The van der Waals surface area contributed by atoms with Crippen LogP contribution >= 0.6 is 22.9 Å². The molecule has 1 unspecified atom stereocenters. The molecule has 21 heavy (non-hydrogen) atoms. The van der Waals surface area contributed by atoms with Crippen molar-refractivity contribution in [3.8, 4) is 0 Å². The number of nitrogens with two attached hydrogens (primary N) is 1. The van der Waals surface area contributed by atoms with Gasteiger partial charge in [0.25, 0.3) is 0 Å². The summed E-state index contributed by atoms with van der Waals surface area (Å²) in [6.07, 6.45) is 3.04. The first-order valence-corrected chi connectivity index (χ1v) is 8.22. The minimum Gasteiger partial charge on any atom is -0.397 e. The maximum absolute atomic E-state index is 12.9. The van der Waals surface area contributed by atoms with E-state index in [1.54, 1.807) is 41.5 Å². The lowest BCUT2D eigenvalue weighted by molar-refractivity contribution is -0.120. The van der Waals surface area contributed by atoms with Gasteiger partial charge in [0.2, 0.25) is 5.91 Å². The van der Waals surface area contributed by atoms with Crippen LogP contribution in [0, 0.1) is 0 Å². The van der Waals surface area contributed by atoms with Gasteiger partial charge in [0.05, 0.1) is 17.3 Å². The van der Waals surface area contributed by atoms with Gasteiger partial charge < -0.3 is 10.6 Å². The fourth-order valence-corrected chi connectivity index (χ4v) is 4.06. The van der Waals surface area contributed by atoms with Crippen LogP contribution in [0.3, 0.4) is 0 Å². The van der Waals surface area contributed by atoms with Gasteiger partial charge in [0.15, 0.2) is 0 Å². The van der Waals surface area contributed by atoms with Gasteiger partial charge in [-0.25, -0.2) is 0 Å². The van der Waals surface area contributed by atoms with E-state index in [4.69, 9.17) is 17.3 Å². The van der Waals surface area contributed by atoms with Crippen LogP contribution in [0.2, 0.25) is 5.02 Å². The zero-order valence-electron chi connectivity index (χ0n) is 11.8. The molecular formula is C16H17ClN2OS. The van der Waals surface area contributed by atoms with Crippen molar-refractivity contribution in [3.63, 3.8) is 0 Å². The molecule has 0 fully saturated rings. The number of nitrogens with zero attached hydrogens (tertiary/aromatic N) is 1. The lowest BCUT2D eigenvalue weighted by Crippen LogP contribution is -2.33. The zero-order valence-corrected chi connectivity index (χ0v) is 13.4. The summed E-state index contributed by atoms with van der Waals surface area (Å²) in [4.78, 5) is 15.8. The molecule has 5 heteroatoms. The summed E-state index contributed by atoms with van der Waals surface area (Å²) >= 11 is 7.77. The van der Waals surface area contributed by atoms with Gasteiger partial charge in [0, 0.05) is 16.9 Å². The number of anilines is 2. The highest BCUT2D eigenvalue weighted by Gasteiger charge is 2.30. The van der Waals surface area contributed by atoms with E-state index in [0.29, 0.717) is 16.4 Å². The lowest BCUT2D eigenvalue weighted by Gasteiger charge is -2.27. The number of fused-ring (bicyclic) bond motifs is 1. The highest BCUT2D eigenvalue weighted by molar-refractivity contribution is 7.10. The molecule has 0 bridgehead atoms. The Bertz CT molecular complexity index is 683. The van der Waals surface area contributed by atoms with Crippen molar-refractivity contribution in [1.82, 2.24) is 0 Å². The number of carbonyl (C=O) groups is 1. The van der Waals surface area contributed by atoms with E-state index in [1.807, 2.05) is 0 Å². The standard InChI is InChI=1S/C16H17ClN2OS/c1-19(14-9-10(17)5-6-13(14)18)16(20)12-3-2-4-15-11(12)7-8-21-15/h5-9,12H,2-4,18H2,1H3. The van der Waals surface area contributed by atoms with E-state index >= 15 is 0 Å². The molecule has 1 amide bonds. The Kier molecular flexibility index (Phi) is 3.91. The number of halogens is 1. The van der Waals surface area contributed by atoms with E-state index in [9.17, 15) is 4.79 Å². The van der Waals surface area contributed by atoms with Crippen LogP contribution in [0.5, 0.6) is 0 Å². The van der Waals surface area contributed by atoms with Gasteiger partial charge in [-0.1, -0.05) is 11.6 Å². The van der Waals surface area contributed by atoms with Gasteiger partial charge in [-0.15, -0.1) is 11.3 Å². The van der Waals surface area contributed by atoms with E-state index in [1.165, 1.54) is 10.4 Å². The molecule has 3 rings (SSSR count). The molecule has 1 aliphatic rings. The molecule has 1 aliphatic carbocycles. The maximum atomic E-state index is 12.9. The van der Waals surface area contributed by atoms with Gasteiger partial charge >= 0.3 is 0 Å². The molecule has 3 nitrogen and oxygen atoms in total. The van der Waals surface area contributed by atoms with Crippen molar-refractivity contribution in [2.45, 2.75) is 25.2 Å². The third-order valence-electron chi connectivity index (χ3n) is 4.03. The van der Waals surface area contributed by atoms with Gasteiger partial charge in [-0.2, -0.15) is 0 Å². The number of aryl methyl sites for hydroxylation is 1. The van der Waals surface area contributed by atoms with Crippen LogP contribution in [0.4, 0.5) is 11.4 Å². The van der Waals surface area contributed by atoms with Crippen molar-refractivity contribution in [1.29, 1.82) is 0 Å². The summed E-state index contributed by atoms with van der Waals surface area (Å²) in [5.41, 5.74) is 8.41. The number of carbonyl (C=O) groups excluding carboxylic acids is 1. The smallest absolute Gasteiger partial charge is 0.234 e. The topological polar surface area (TPSA) is 46.3 Å². The summed E-state index contributed by atoms with van der Waals surface area (Å²) in [7, 11) is 1.77. The average molecular weight is 321 g/mol. The number of benzene rings is 1. The molecule has 0 saturated heterocycles. The van der Waals surface area contributed by atoms with Crippen molar-refractivity contribution >= 4 is 40.2 Å². The van der Waals surface area contributed by atoms with Crippen molar-refractivity contribution in [2.24, 2.45) is 0 Å². The molecule has 1 atom stereocenters. The van der Waals surface area contributed by atoms with E-state index in [2.05, 4.69) is 11.4 Å². The Morgan fingerprint density at radius 2 is 2.24 bits per heavy atom. The second-order valence-electron chi connectivity index (χ2n) is 5.34. The molecule has 1 aromatic carbocycles. The highest BCUT2D eigenvalue weighted by atomic mass is 35.5. The zero-order chi connectivity index (χ0) is 15.0. The summed E-state index contributed by atoms with van der Waals surface area (Å²) in [5.74, 6) is 0.0201. The van der Waals surface area contributed by atoms with Crippen LogP contribution < -0.4 is 10.6 Å². The first kappa shape index (κ1) is 14.4. The lowest BCUT2D eigenvalue weighted by atomic mass is 9.86. The Morgan fingerprint density at radius 1 is 1.43 bits per heavy atom. The monoisotopic (exact) mass is 320 g/mol. The number of amides is 1. The molecule has 0 aliphatic heterocycles. The van der Waals surface area contributed by atoms with Crippen molar-refractivity contribution in [3.05, 3.63) is 45.1 Å². The van der Waals surface area contributed by atoms with Crippen LogP contribution in [0.15, 0.2) is 29.6 Å². The molecule has 0 spiro atoms. The van der Waals surface area contributed by atoms with E-state index in [-0.39, 0.29) is 11.8 Å². The summed E-state index contributed by atoms with van der Waals surface area (Å²) in [5, 5.41) is 2.66. The third-order valence-corrected chi connectivity index (χ3v) is 5.27. The van der Waals surface area contributed by atoms with Gasteiger partial charge in [0.1, 0.15) is 0 Å². The molecule has 2 aromatic rings. The highest BCUT2D eigenvalue weighted by Crippen LogP contribution is 2.37. The minimum atomic E-state index is -0.0663. The molecule has 1 aromatic heterocycles. The van der Waals surface area contributed by atoms with Crippen LogP contribution in [-0.4, -0.2) is 13.0 Å². The summed E-state index contributed by atoms with van der Waals surface area (Å²) in [6, 6.07) is 7.29. The number of nitrogen functional groups attached to an aromatic ring is 1. The maximum Gasteiger partial charge on any atom is 0.234 e. The number of thiophene rings is 1. The third kappa shape index (κ3) is 2.65. The number of hydrogen-bond donors (Lipinski definition) is 1. The Balaban J connectivity index is 1.91. The summed E-state index contributed by atoms with van der Waals surface area (Å²) in [6.45, 7) is 0. The van der Waals surface area contributed by atoms with Gasteiger partial charge in [-0.3, -0.25) is 4.79 Å². The minimum absolute atomic E-state index is 0.0663. The molecule has 0 saturated carbocycles. The molecule has 2 N–H and O–H groups in total. The largest absolute Gasteiger partial charge is 0.397 e. The number of hydrogen-bond acceptors (Lipinski definition) is 3. The second kappa shape index (κ2) is 5.70. The number of likely N-dealkylation sites (N-methyl/N-ethyl adjacent to an activating group) is 1. The average Bonchev–Trinajstić information content (AvgIpc) is 2.96. The van der Waals surface area contributed by atoms with Crippen LogP contribution in [0.25, 0.3) is 0 Å². The normalized spacial score (nSPS) is 17.3. The quantitative estimate of drug-likeness (QED) is 0.848. The van der Waals surface area contributed by atoms with Crippen molar-refractivity contribution in [2.75, 3.05) is 17.7 Å². The van der Waals surface area contributed by atoms with E-state index < -0.39 is 0 Å². The van der Waals surface area contributed by atoms with E-state index in [0.717, 1.165) is 19.3 Å². The number of rotatable bonds is 2. The second-order valence-corrected chi connectivity index (χ2v) is 6.78. The predicted octanol–water partition coefficient (Wildman–Crippen LogP) is 4.07. The fourth-order valence-electron chi connectivity index (χ4n) is 2.90. The SMILES string of the molecule is CN(C(=O)C1CCCc2sccc21)c1cc(Cl)ccc1N. The summed E-state index contributed by atoms with van der Waals surface area (Å²) < 4.78 is 0. The van der Waals surface area contributed by atoms with Crippen molar-refractivity contribution < 1.29 is 4.79 Å². The fraction of sp³-hybridized carbons (Fsp3) is 0.312. The Morgan fingerprint density at radius 3 is 3.05 bits per heavy atom. The molecular weight excluding hydrogens is 304 g/mol. The molecule has 1 heterocycles. The Labute approximate surface area is 133 Å². The molecule has 110 valence electrons.